The van der Waals surface area contributed by atoms with Crippen molar-refractivity contribution in [2.75, 3.05) is 38.5 Å². The number of hydrogen-bond donors (Lipinski definition) is 0. The van der Waals surface area contributed by atoms with Gasteiger partial charge in [-0.15, -0.1) is 11.8 Å². The van der Waals surface area contributed by atoms with Crippen LogP contribution in [0.3, 0.4) is 0 Å². The Balaban J connectivity index is 1.40. The van der Waals surface area contributed by atoms with Gasteiger partial charge < -0.3 is 14.5 Å². The fourth-order valence-electron chi connectivity index (χ4n) is 2.78. The van der Waals surface area contributed by atoms with Crippen LogP contribution in [-0.4, -0.2) is 60.2 Å². The summed E-state index contributed by atoms with van der Waals surface area (Å²) in [6.45, 7) is 1.60. The molecule has 1 saturated heterocycles. The highest BCUT2D eigenvalue weighted by Crippen LogP contribution is 2.21. The second kappa shape index (κ2) is 9.93. The van der Waals surface area contributed by atoms with Crippen molar-refractivity contribution in [3.8, 4) is 5.75 Å². The van der Waals surface area contributed by atoms with Crippen LogP contribution < -0.4 is 4.74 Å². The third kappa shape index (κ3) is 6.08. The Morgan fingerprint density at radius 3 is 2.17 bits per heavy atom. The van der Waals surface area contributed by atoms with Crippen LogP contribution >= 0.6 is 23.4 Å². The number of halogens is 3. The van der Waals surface area contributed by atoms with Crippen molar-refractivity contribution in [1.82, 2.24) is 9.80 Å². The van der Waals surface area contributed by atoms with E-state index in [0.29, 0.717) is 41.8 Å². The summed E-state index contributed by atoms with van der Waals surface area (Å²) < 4.78 is 31.6. The van der Waals surface area contributed by atoms with Crippen molar-refractivity contribution in [1.29, 1.82) is 0 Å². The predicted molar refractivity (Wildman–Crippen MR) is 107 cm³/mol. The van der Waals surface area contributed by atoms with E-state index in [0.717, 1.165) is 23.9 Å². The van der Waals surface area contributed by atoms with E-state index in [4.69, 9.17) is 16.3 Å². The second-order valence-corrected chi connectivity index (χ2v) is 7.85. The Morgan fingerprint density at radius 2 is 1.55 bits per heavy atom. The molecule has 1 aliphatic rings. The van der Waals surface area contributed by atoms with E-state index in [-0.39, 0.29) is 24.2 Å². The number of carbonyl (C=O) groups excluding carboxylic acids is 2. The first-order valence-corrected chi connectivity index (χ1v) is 10.3. The summed E-state index contributed by atoms with van der Waals surface area (Å²) in [6.07, 6.45) is 0. The van der Waals surface area contributed by atoms with E-state index >= 15 is 0 Å². The maximum Gasteiger partial charge on any atom is 0.260 e. The van der Waals surface area contributed by atoms with Crippen LogP contribution in [0.15, 0.2) is 47.4 Å². The molecule has 9 heteroatoms. The number of piperazine rings is 1. The number of hydrogen-bond acceptors (Lipinski definition) is 4. The number of carbonyl (C=O) groups is 2. The van der Waals surface area contributed by atoms with Gasteiger partial charge in [-0.2, -0.15) is 0 Å². The molecule has 2 amide bonds. The highest BCUT2D eigenvalue weighted by molar-refractivity contribution is 8.00. The lowest BCUT2D eigenvalue weighted by atomic mass is 10.3. The molecule has 0 unspecified atom stereocenters. The quantitative estimate of drug-likeness (QED) is 0.645. The van der Waals surface area contributed by atoms with Gasteiger partial charge in [0.1, 0.15) is 5.75 Å². The average Bonchev–Trinajstić information content (AvgIpc) is 2.74. The summed E-state index contributed by atoms with van der Waals surface area (Å²) in [7, 11) is 0. The normalized spacial score (nSPS) is 14.0. The average molecular weight is 441 g/mol. The maximum atomic E-state index is 13.2. The molecule has 0 bridgehead atoms. The lowest BCUT2D eigenvalue weighted by Crippen LogP contribution is -2.52. The van der Waals surface area contributed by atoms with Crippen LogP contribution in [0.2, 0.25) is 5.02 Å². The van der Waals surface area contributed by atoms with E-state index in [9.17, 15) is 18.4 Å². The Bertz CT molecular complexity index is 875. The van der Waals surface area contributed by atoms with Gasteiger partial charge in [-0.1, -0.05) is 11.6 Å². The van der Waals surface area contributed by atoms with Crippen LogP contribution in [0, 0.1) is 11.6 Å². The number of amides is 2. The largest absolute Gasteiger partial charge is 0.484 e. The monoisotopic (exact) mass is 440 g/mol. The fourth-order valence-corrected chi connectivity index (χ4v) is 3.73. The maximum absolute atomic E-state index is 13.2. The SMILES string of the molecule is O=C(COc1ccc(Cl)cc1)N1CCN(C(=O)CSc2ccc(F)c(F)c2)CC1. The smallest absolute Gasteiger partial charge is 0.260 e. The van der Waals surface area contributed by atoms with Gasteiger partial charge in [0.2, 0.25) is 5.91 Å². The van der Waals surface area contributed by atoms with Crippen molar-refractivity contribution in [2.24, 2.45) is 0 Å². The third-order valence-corrected chi connectivity index (χ3v) is 5.64. The van der Waals surface area contributed by atoms with Gasteiger partial charge in [0.15, 0.2) is 18.2 Å². The summed E-state index contributed by atoms with van der Waals surface area (Å²) in [6, 6.07) is 10.3. The summed E-state index contributed by atoms with van der Waals surface area (Å²) >= 11 is 6.96. The highest BCUT2D eigenvalue weighted by Gasteiger charge is 2.24. The standard InChI is InChI=1S/C20H19ClF2N2O3S/c21-14-1-3-15(4-2-14)28-12-19(26)24-7-9-25(10-8-24)20(27)13-29-16-5-6-17(22)18(23)11-16/h1-6,11H,7-10,12-13H2. The van der Waals surface area contributed by atoms with Crippen molar-refractivity contribution >= 4 is 35.2 Å². The van der Waals surface area contributed by atoms with E-state index in [1.807, 2.05) is 0 Å². The molecule has 1 aliphatic heterocycles. The molecule has 2 aromatic carbocycles. The molecule has 0 saturated carbocycles. The number of benzene rings is 2. The van der Waals surface area contributed by atoms with E-state index < -0.39 is 11.6 Å². The van der Waals surface area contributed by atoms with Crippen LogP contribution in [0.4, 0.5) is 8.78 Å². The molecule has 29 heavy (non-hydrogen) atoms. The molecule has 3 rings (SSSR count). The lowest BCUT2D eigenvalue weighted by molar-refractivity contribution is -0.139. The Labute approximate surface area is 176 Å². The zero-order valence-corrected chi connectivity index (χ0v) is 17.0. The molecule has 0 aliphatic carbocycles. The molecule has 0 radical (unpaired) electrons. The van der Waals surface area contributed by atoms with Crippen LogP contribution in [0.25, 0.3) is 0 Å². The molecule has 0 N–H and O–H groups in total. The van der Waals surface area contributed by atoms with Gasteiger partial charge >= 0.3 is 0 Å². The topological polar surface area (TPSA) is 49.9 Å². The van der Waals surface area contributed by atoms with Crippen molar-refractivity contribution in [3.63, 3.8) is 0 Å². The lowest BCUT2D eigenvalue weighted by Gasteiger charge is -2.34. The molecule has 1 fully saturated rings. The third-order valence-electron chi connectivity index (χ3n) is 4.41. The first-order chi connectivity index (χ1) is 13.9. The van der Waals surface area contributed by atoms with Gasteiger partial charge in [-0.3, -0.25) is 9.59 Å². The number of rotatable bonds is 6. The Morgan fingerprint density at radius 1 is 0.931 bits per heavy atom. The predicted octanol–water partition coefficient (Wildman–Crippen LogP) is 3.46. The van der Waals surface area contributed by atoms with Gasteiger partial charge in [0, 0.05) is 36.1 Å². The summed E-state index contributed by atoms with van der Waals surface area (Å²) in [5.41, 5.74) is 0. The molecule has 5 nitrogen and oxygen atoms in total. The van der Waals surface area contributed by atoms with Gasteiger partial charge in [0.05, 0.1) is 5.75 Å². The zero-order valence-electron chi connectivity index (χ0n) is 15.4. The number of thioether (sulfide) groups is 1. The van der Waals surface area contributed by atoms with Crippen molar-refractivity contribution < 1.29 is 23.1 Å². The molecule has 0 spiro atoms. The minimum Gasteiger partial charge on any atom is -0.484 e. The summed E-state index contributed by atoms with van der Waals surface area (Å²) in [5, 5.41) is 0.590. The molecular formula is C20H19ClF2N2O3S. The summed E-state index contributed by atoms with van der Waals surface area (Å²) in [5.74, 6) is -1.42. The highest BCUT2D eigenvalue weighted by atomic mass is 35.5. The van der Waals surface area contributed by atoms with Gasteiger partial charge in [0.25, 0.3) is 5.91 Å². The van der Waals surface area contributed by atoms with Gasteiger partial charge in [-0.05, 0) is 42.5 Å². The minimum absolute atomic E-state index is 0.0818. The zero-order chi connectivity index (χ0) is 20.8. The van der Waals surface area contributed by atoms with E-state index in [1.54, 1.807) is 34.1 Å². The minimum atomic E-state index is -0.935. The van der Waals surface area contributed by atoms with Crippen LogP contribution in [0.1, 0.15) is 0 Å². The number of nitrogens with zero attached hydrogens (tertiary/aromatic N) is 2. The van der Waals surface area contributed by atoms with E-state index in [2.05, 4.69) is 0 Å². The first kappa shape index (κ1) is 21.4. The van der Waals surface area contributed by atoms with Crippen molar-refractivity contribution in [2.45, 2.75) is 4.90 Å². The molecule has 2 aromatic rings. The molecule has 154 valence electrons. The van der Waals surface area contributed by atoms with E-state index in [1.165, 1.54) is 6.07 Å². The van der Waals surface area contributed by atoms with Crippen molar-refractivity contribution in [3.05, 3.63) is 59.1 Å². The fraction of sp³-hybridized carbons (Fsp3) is 0.300. The van der Waals surface area contributed by atoms with Crippen LogP contribution in [-0.2, 0) is 9.59 Å². The second-order valence-electron chi connectivity index (χ2n) is 6.37. The van der Waals surface area contributed by atoms with Gasteiger partial charge in [-0.25, -0.2) is 8.78 Å². The first-order valence-electron chi connectivity index (χ1n) is 8.94. The van der Waals surface area contributed by atoms with Crippen LogP contribution in [0.5, 0.6) is 5.75 Å². The molecule has 0 atom stereocenters. The summed E-state index contributed by atoms with van der Waals surface area (Å²) in [4.78, 5) is 28.4. The molecule has 0 aromatic heterocycles. The Kier molecular flexibility index (Phi) is 7.33. The Hall–Kier alpha value is -2.32. The number of ether oxygens (including phenoxy) is 1. The molecular weight excluding hydrogens is 422 g/mol. The molecule has 1 heterocycles.